The van der Waals surface area contributed by atoms with Gasteiger partial charge >= 0.3 is 0 Å². The van der Waals surface area contributed by atoms with E-state index in [0.717, 1.165) is 30.4 Å². The van der Waals surface area contributed by atoms with Gasteiger partial charge in [0, 0.05) is 16.8 Å². The van der Waals surface area contributed by atoms with Crippen molar-refractivity contribution in [3.8, 4) is 5.75 Å². The summed E-state index contributed by atoms with van der Waals surface area (Å²) < 4.78 is 0. The summed E-state index contributed by atoms with van der Waals surface area (Å²) in [5.74, 6) is -0.540. The standard InChI is InChI=1S/C17H15NO3/c19-15-9-11-5-3-4-10(11)8-13(15)17(21)12-6-1-2-7-14(12)18-16(17)20/h1-2,6-9,19,21H,3-5H2,(H,18,20). The normalized spacial score (nSPS) is 22.8. The Hall–Kier alpha value is -2.33. The lowest BCUT2D eigenvalue weighted by Gasteiger charge is -2.23. The second kappa shape index (κ2) is 4.09. The number of para-hydroxylation sites is 1. The van der Waals surface area contributed by atoms with E-state index in [0.29, 0.717) is 11.3 Å². The lowest BCUT2D eigenvalue weighted by atomic mass is 9.85. The Bertz CT molecular complexity index is 769. The molecular formula is C17H15NO3. The van der Waals surface area contributed by atoms with Crippen LogP contribution in [0.15, 0.2) is 36.4 Å². The van der Waals surface area contributed by atoms with Gasteiger partial charge in [0.25, 0.3) is 5.91 Å². The van der Waals surface area contributed by atoms with E-state index in [1.54, 1.807) is 36.4 Å². The highest BCUT2D eigenvalue weighted by molar-refractivity contribution is 6.07. The number of nitrogens with one attached hydrogen (secondary N) is 1. The first-order valence-corrected chi connectivity index (χ1v) is 7.09. The molecule has 0 saturated heterocycles. The van der Waals surface area contributed by atoms with Crippen LogP contribution in [0.2, 0.25) is 0 Å². The summed E-state index contributed by atoms with van der Waals surface area (Å²) in [5, 5.41) is 24.0. The van der Waals surface area contributed by atoms with E-state index in [-0.39, 0.29) is 11.3 Å². The van der Waals surface area contributed by atoms with Gasteiger partial charge in [-0.15, -0.1) is 0 Å². The number of phenols is 1. The van der Waals surface area contributed by atoms with Crippen LogP contribution in [0, 0.1) is 0 Å². The average molecular weight is 281 g/mol. The number of rotatable bonds is 1. The van der Waals surface area contributed by atoms with Crippen molar-refractivity contribution in [1.29, 1.82) is 0 Å². The molecule has 1 aliphatic carbocycles. The Kier molecular flexibility index (Phi) is 2.41. The number of aliphatic hydroxyl groups is 1. The third-order valence-corrected chi connectivity index (χ3v) is 4.49. The minimum absolute atomic E-state index is 0.0231. The van der Waals surface area contributed by atoms with E-state index < -0.39 is 11.5 Å². The maximum atomic E-state index is 12.3. The molecule has 1 heterocycles. The van der Waals surface area contributed by atoms with Gasteiger partial charge in [-0.25, -0.2) is 0 Å². The van der Waals surface area contributed by atoms with E-state index in [1.165, 1.54) is 0 Å². The highest BCUT2D eigenvalue weighted by Crippen LogP contribution is 2.45. The van der Waals surface area contributed by atoms with Crippen LogP contribution in [0.3, 0.4) is 0 Å². The molecule has 0 spiro atoms. The fourth-order valence-electron chi connectivity index (χ4n) is 3.41. The van der Waals surface area contributed by atoms with Gasteiger partial charge in [0.1, 0.15) is 5.75 Å². The molecule has 0 radical (unpaired) electrons. The summed E-state index contributed by atoms with van der Waals surface area (Å²) in [4.78, 5) is 12.3. The smallest absolute Gasteiger partial charge is 0.266 e. The molecule has 4 nitrogen and oxygen atoms in total. The van der Waals surface area contributed by atoms with Gasteiger partial charge in [0.2, 0.25) is 0 Å². The Morgan fingerprint density at radius 3 is 2.57 bits per heavy atom. The van der Waals surface area contributed by atoms with Gasteiger partial charge in [0.05, 0.1) is 0 Å². The van der Waals surface area contributed by atoms with Gasteiger partial charge in [-0.05, 0) is 48.6 Å². The monoisotopic (exact) mass is 281 g/mol. The van der Waals surface area contributed by atoms with Crippen LogP contribution in [-0.2, 0) is 23.2 Å². The molecule has 2 aliphatic rings. The summed E-state index contributed by atoms with van der Waals surface area (Å²) in [5.41, 5.74) is 1.73. The number of carbonyl (C=O) groups is 1. The van der Waals surface area contributed by atoms with Crippen molar-refractivity contribution in [3.05, 3.63) is 58.7 Å². The number of aryl methyl sites for hydroxylation is 2. The van der Waals surface area contributed by atoms with Gasteiger partial charge in [-0.2, -0.15) is 0 Å². The minimum atomic E-state index is -1.82. The summed E-state index contributed by atoms with van der Waals surface area (Å²) in [6, 6.07) is 10.5. The third kappa shape index (κ3) is 1.56. The quantitative estimate of drug-likeness (QED) is 0.749. The number of hydrogen-bond donors (Lipinski definition) is 3. The molecule has 0 bridgehead atoms. The fourth-order valence-corrected chi connectivity index (χ4v) is 3.41. The van der Waals surface area contributed by atoms with Crippen LogP contribution in [0.25, 0.3) is 0 Å². The first-order valence-electron chi connectivity index (χ1n) is 7.09. The number of fused-ring (bicyclic) bond motifs is 2. The fraction of sp³-hybridized carbons (Fsp3) is 0.235. The van der Waals surface area contributed by atoms with Crippen LogP contribution in [-0.4, -0.2) is 16.1 Å². The minimum Gasteiger partial charge on any atom is -0.508 e. The predicted molar refractivity (Wildman–Crippen MR) is 78.2 cm³/mol. The summed E-state index contributed by atoms with van der Waals surface area (Å²) in [7, 11) is 0. The van der Waals surface area contributed by atoms with Crippen molar-refractivity contribution in [2.45, 2.75) is 24.9 Å². The maximum absolute atomic E-state index is 12.3. The molecule has 3 N–H and O–H groups in total. The first-order chi connectivity index (χ1) is 10.1. The van der Waals surface area contributed by atoms with Crippen molar-refractivity contribution >= 4 is 11.6 Å². The lowest BCUT2D eigenvalue weighted by Crippen LogP contribution is -2.35. The Morgan fingerprint density at radius 1 is 1.05 bits per heavy atom. The molecule has 0 saturated carbocycles. The molecule has 1 atom stereocenters. The second-order valence-corrected chi connectivity index (χ2v) is 5.70. The highest BCUT2D eigenvalue weighted by atomic mass is 16.3. The van der Waals surface area contributed by atoms with Crippen LogP contribution in [0.4, 0.5) is 5.69 Å². The Morgan fingerprint density at radius 2 is 1.76 bits per heavy atom. The molecule has 1 amide bonds. The number of aromatic hydroxyl groups is 1. The first kappa shape index (κ1) is 12.4. The number of amides is 1. The van der Waals surface area contributed by atoms with Crippen LogP contribution in [0.5, 0.6) is 5.75 Å². The lowest BCUT2D eigenvalue weighted by molar-refractivity contribution is -0.129. The molecule has 21 heavy (non-hydrogen) atoms. The molecular weight excluding hydrogens is 266 g/mol. The topological polar surface area (TPSA) is 69.6 Å². The van der Waals surface area contributed by atoms with Gasteiger partial charge in [-0.3, -0.25) is 4.79 Å². The molecule has 4 rings (SSSR count). The SMILES string of the molecule is O=C1Nc2ccccc2C1(O)c1cc2c(cc1O)CCC2. The number of benzene rings is 2. The maximum Gasteiger partial charge on any atom is 0.266 e. The number of phenolic OH excluding ortho intramolecular Hbond substituents is 1. The van der Waals surface area contributed by atoms with Crippen molar-refractivity contribution in [2.24, 2.45) is 0 Å². The molecule has 2 aromatic carbocycles. The van der Waals surface area contributed by atoms with E-state index in [2.05, 4.69) is 5.32 Å². The second-order valence-electron chi connectivity index (χ2n) is 5.70. The van der Waals surface area contributed by atoms with E-state index >= 15 is 0 Å². The van der Waals surface area contributed by atoms with Crippen LogP contribution >= 0.6 is 0 Å². The molecule has 1 aliphatic heterocycles. The number of anilines is 1. The summed E-state index contributed by atoms with van der Waals surface area (Å²) >= 11 is 0. The van der Waals surface area contributed by atoms with Gasteiger partial charge in [-0.1, -0.05) is 18.2 Å². The van der Waals surface area contributed by atoms with E-state index in [4.69, 9.17) is 0 Å². The number of carbonyl (C=O) groups excluding carboxylic acids is 1. The zero-order valence-electron chi connectivity index (χ0n) is 11.4. The molecule has 2 aromatic rings. The average Bonchev–Trinajstić information content (AvgIpc) is 3.02. The molecule has 0 fully saturated rings. The van der Waals surface area contributed by atoms with Crippen molar-refractivity contribution < 1.29 is 15.0 Å². The molecule has 4 heteroatoms. The van der Waals surface area contributed by atoms with E-state index in [9.17, 15) is 15.0 Å². The van der Waals surface area contributed by atoms with Crippen LogP contribution < -0.4 is 5.32 Å². The zero-order valence-corrected chi connectivity index (χ0v) is 11.4. The highest BCUT2D eigenvalue weighted by Gasteiger charge is 2.48. The number of hydrogen-bond acceptors (Lipinski definition) is 3. The van der Waals surface area contributed by atoms with Crippen molar-refractivity contribution in [3.63, 3.8) is 0 Å². The molecule has 1 unspecified atom stereocenters. The zero-order chi connectivity index (χ0) is 14.6. The van der Waals surface area contributed by atoms with Crippen LogP contribution in [0.1, 0.15) is 28.7 Å². The Balaban J connectivity index is 1.96. The molecule has 106 valence electrons. The van der Waals surface area contributed by atoms with Crippen molar-refractivity contribution in [1.82, 2.24) is 0 Å². The van der Waals surface area contributed by atoms with Gasteiger partial charge in [0.15, 0.2) is 5.60 Å². The van der Waals surface area contributed by atoms with E-state index in [1.807, 2.05) is 0 Å². The predicted octanol–water partition coefficient (Wildman–Crippen LogP) is 2.07. The van der Waals surface area contributed by atoms with Gasteiger partial charge < -0.3 is 15.5 Å². The largest absolute Gasteiger partial charge is 0.508 e. The summed E-state index contributed by atoms with van der Waals surface area (Å²) in [6.07, 6.45) is 2.89. The third-order valence-electron chi connectivity index (χ3n) is 4.49. The Labute approximate surface area is 122 Å². The molecule has 0 aromatic heterocycles. The van der Waals surface area contributed by atoms with Crippen molar-refractivity contribution in [2.75, 3.05) is 5.32 Å². The summed E-state index contributed by atoms with van der Waals surface area (Å²) in [6.45, 7) is 0.